The Morgan fingerprint density at radius 2 is 1.58 bits per heavy atom. The minimum absolute atomic E-state index is 0.0199. The number of amides is 3. The SMILES string of the molecule is CC(C)NC(=O)CNC(=O)[C@@H](NC(=O)c1ccc(F)cc1)C(C)C. The van der Waals surface area contributed by atoms with Gasteiger partial charge >= 0.3 is 0 Å². The van der Waals surface area contributed by atoms with Crippen LogP contribution in [0.15, 0.2) is 24.3 Å². The summed E-state index contributed by atoms with van der Waals surface area (Å²) in [6.07, 6.45) is 0. The summed E-state index contributed by atoms with van der Waals surface area (Å²) in [6, 6.07) is 4.22. The Morgan fingerprint density at radius 1 is 1.00 bits per heavy atom. The number of hydrogen-bond acceptors (Lipinski definition) is 3. The molecule has 0 aliphatic rings. The topological polar surface area (TPSA) is 87.3 Å². The third-order valence-electron chi connectivity index (χ3n) is 3.21. The van der Waals surface area contributed by atoms with E-state index >= 15 is 0 Å². The summed E-state index contributed by atoms with van der Waals surface area (Å²) >= 11 is 0. The second-order valence-corrected chi connectivity index (χ2v) is 6.14. The molecule has 132 valence electrons. The van der Waals surface area contributed by atoms with Gasteiger partial charge in [-0.2, -0.15) is 0 Å². The highest BCUT2D eigenvalue weighted by Crippen LogP contribution is 2.06. The van der Waals surface area contributed by atoms with Crippen molar-refractivity contribution in [1.82, 2.24) is 16.0 Å². The number of benzene rings is 1. The lowest BCUT2D eigenvalue weighted by Gasteiger charge is -2.21. The first-order chi connectivity index (χ1) is 11.2. The zero-order valence-electron chi connectivity index (χ0n) is 14.4. The van der Waals surface area contributed by atoms with Crippen molar-refractivity contribution in [3.8, 4) is 0 Å². The van der Waals surface area contributed by atoms with Crippen LogP contribution in [-0.4, -0.2) is 36.3 Å². The minimum atomic E-state index is -0.797. The van der Waals surface area contributed by atoms with Crippen LogP contribution < -0.4 is 16.0 Å². The zero-order valence-corrected chi connectivity index (χ0v) is 14.4. The van der Waals surface area contributed by atoms with Crippen molar-refractivity contribution in [3.63, 3.8) is 0 Å². The molecule has 0 unspecified atom stereocenters. The van der Waals surface area contributed by atoms with Crippen LogP contribution in [0.4, 0.5) is 4.39 Å². The monoisotopic (exact) mass is 337 g/mol. The molecule has 6 nitrogen and oxygen atoms in total. The van der Waals surface area contributed by atoms with Gasteiger partial charge in [-0.25, -0.2) is 4.39 Å². The summed E-state index contributed by atoms with van der Waals surface area (Å²) in [6.45, 7) is 7.04. The number of rotatable bonds is 7. The van der Waals surface area contributed by atoms with Crippen LogP contribution in [0.25, 0.3) is 0 Å². The lowest BCUT2D eigenvalue weighted by Crippen LogP contribution is -2.51. The molecule has 0 saturated heterocycles. The fourth-order valence-corrected chi connectivity index (χ4v) is 2.01. The van der Waals surface area contributed by atoms with Crippen molar-refractivity contribution < 1.29 is 18.8 Å². The number of carbonyl (C=O) groups excluding carboxylic acids is 3. The van der Waals surface area contributed by atoms with E-state index in [-0.39, 0.29) is 30.0 Å². The average molecular weight is 337 g/mol. The molecule has 0 spiro atoms. The smallest absolute Gasteiger partial charge is 0.251 e. The third-order valence-corrected chi connectivity index (χ3v) is 3.21. The Morgan fingerprint density at radius 3 is 2.08 bits per heavy atom. The quantitative estimate of drug-likeness (QED) is 0.699. The van der Waals surface area contributed by atoms with E-state index in [0.717, 1.165) is 0 Å². The Labute approximate surface area is 141 Å². The highest BCUT2D eigenvalue weighted by atomic mass is 19.1. The molecule has 0 aliphatic heterocycles. The first-order valence-corrected chi connectivity index (χ1v) is 7.84. The van der Waals surface area contributed by atoms with Gasteiger partial charge in [-0.15, -0.1) is 0 Å². The lowest BCUT2D eigenvalue weighted by molar-refractivity contribution is -0.128. The van der Waals surface area contributed by atoms with E-state index in [1.807, 2.05) is 13.8 Å². The van der Waals surface area contributed by atoms with Crippen molar-refractivity contribution in [3.05, 3.63) is 35.6 Å². The summed E-state index contributed by atoms with van der Waals surface area (Å²) in [5.74, 6) is -1.84. The maximum Gasteiger partial charge on any atom is 0.251 e. The second-order valence-electron chi connectivity index (χ2n) is 6.14. The normalized spacial score (nSPS) is 12.0. The molecule has 1 aromatic rings. The van der Waals surface area contributed by atoms with Crippen molar-refractivity contribution in [2.75, 3.05) is 6.54 Å². The molecule has 0 saturated carbocycles. The first-order valence-electron chi connectivity index (χ1n) is 7.84. The molecule has 1 aromatic carbocycles. The van der Waals surface area contributed by atoms with Gasteiger partial charge in [0.05, 0.1) is 6.54 Å². The molecular weight excluding hydrogens is 313 g/mol. The van der Waals surface area contributed by atoms with Crippen LogP contribution in [0.1, 0.15) is 38.1 Å². The molecule has 0 fully saturated rings. The maximum atomic E-state index is 12.9. The highest BCUT2D eigenvalue weighted by molar-refractivity contribution is 5.98. The molecule has 0 bridgehead atoms. The molecular formula is C17H24FN3O3. The number of halogens is 1. The largest absolute Gasteiger partial charge is 0.352 e. The van der Waals surface area contributed by atoms with Gasteiger partial charge < -0.3 is 16.0 Å². The lowest BCUT2D eigenvalue weighted by atomic mass is 10.0. The summed E-state index contributed by atoms with van der Waals surface area (Å²) in [4.78, 5) is 36.0. The van der Waals surface area contributed by atoms with Crippen LogP contribution in [0.2, 0.25) is 0 Å². The first kappa shape index (κ1) is 19.6. The van der Waals surface area contributed by atoms with Gasteiger partial charge in [0, 0.05) is 11.6 Å². The number of hydrogen-bond donors (Lipinski definition) is 3. The molecule has 0 heterocycles. The van der Waals surface area contributed by atoms with Crippen LogP contribution in [-0.2, 0) is 9.59 Å². The Bertz CT molecular complexity index is 585. The predicted octanol–water partition coefficient (Wildman–Crippen LogP) is 1.22. The minimum Gasteiger partial charge on any atom is -0.352 e. The number of nitrogens with one attached hydrogen (secondary N) is 3. The van der Waals surface area contributed by atoms with E-state index in [4.69, 9.17) is 0 Å². The fourth-order valence-electron chi connectivity index (χ4n) is 2.01. The van der Waals surface area contributed by atoms with E-state index < -0.39 is 23.7 Å². The van der Waals surface area contributed by atoms with Crippen molar-refractivity contribution in [2.24, 2.45) is 5.92 Å². The van der Waals surface area contributed by atoms with Gasteiger partial charge in [-0.1, -0.05) is 13.8 Å². The van der Waals surface area contributed by atoms with Gasteiger partial charge in [0.15, 0.2) is 0 Å². The molecule has 0 aromatic heterocycles. The molecule has 0 aliphatic carbocycles. The number of carbonyl (C=O) groups is 3. The predicted molar refractivity (Wildman–Crippen MR) is 88.8 cm³/mol. The molecule has 3 amide bonds. The summed E-state index contributed by atoms with van der Waals surface area (Å²) in [5, 5.41) is 7.78. The molecule has 7 heteroatoms. The van der Waals surface area contributed by atoms with Crippen molar-refractivity contribution >= 4 is 17.7 Å². The van der Waals surface area contributed by atoms with Gasteiger partial charge in [0.1, 0.15) is 11.9 Å². The van der Waals surface area contributed by atoms with Crippen LogP contribution >= 0.6 is 0 Å². The standard InChI is InChI=1S/C17H24FN3O3/c1-10(2)15(17(24)19-9-14(22)20-11(3)4)21-16(23)12-5-7-13(18)8-6-12/h5-8,10-11,15H,9H2,1-4H3,(H,19,24)(H,20,22)(H,21,23)/t15-/m0/s1. The van der Waals surface area contributed by atoms with Gasteiger partial charge in [-0.05, 0) is 44.0 Å². The third kappa shape index (κ3) is 6.36. The Balaban J connectivity index is 2.65. The second kappa shape index (κ2) is 9.00. The van der Waals surface area contributed by atoms with Crippen molar-refractivity contribution in [1.29, 1.82) is 0 Å². The summed E-state index contributed by atoms with van der Waals surface area (Å²) in [5.41, 5.74) is 0.257. The van der Waals surface area contributed by atoms with Crippen LogP contribution in [0.3, 0.4) is 0 Å². The van der Waals surface area contributed by atoms with Gasteiger partial charge in [0.2, 0.25) is 11.8 Å². The fraction of sp³-hybridized carbons (Fsp3) is 0.471. The molecule has 1 atom stereocenters. The van der Waals surface area contributed by atoms with Crippen LogP contribution in [0, 0.1) is 11.7 Å². The van der Waals surface area contributed by atoms with E-state index in [1.165, 1.54) is 24.3 Å². The highest BCUT2D eigenvalue weighted by Gasteiger charge is 2.25. The van der Waals surface area contributed by atoms with Gasteiger partial charge in [0.25, 0.3) is 5.91 Å². The molecule has 1 rings (SSSR count). The Hall–Kier alpha value is -2.44. The van der Waals surface area contributed by atoms with E-state index in [2.05, 4.69) is 16.0 Å². The Kier molecular flexibility index (Phi) is 7.35. The average Bonchev–Trinajstić information content (AvgIpc) is 2.49. The van der Waals surface area contributed by atoms with Crippen LogP contribution in [0.5, 0.6) is 0 Å². The van der Waals surface area contributed by atoms with Gasteiger partial charge in [-0.3, -0.25) is 14.4 Å². The maximum absolute atomic E-state index is 12.9. The summed E-state index contributed by atoms with van der Waals surface area (Å²) in [7, 11) is 0. The zero-order chi connectivity index (χ0) is 18.3. The summed E-state index contributed by atoms with van der Waals surface area (Å²) < 4.78 is 12.9. The molecule has 3 N–H and O–H groups in total. The van der Waals surface area contributed by atoms with Crippen molar-refractivity contribution in [2.45, 2.75) is 39.8 Å². The van der Waals surface area contributed by atoms with E-state index in [9.17, 15) is 18.8 Å². The molecule has 0 radical (unpaired) electrons. The van der Waals surface area contributed by atoms with E-state index in [0.29, 0.717) is 0 Å². The molecule has 24 heavy (non-hydrogen) atoms. The van der Waals surface area contributed by atoms with E-state index in [1.54, 1.807) is 13.8 Å².